The highest BCUT2D eigenvalue weighted by Crippen LogP contribution is 2.72. The fourth-order valence-electron chi connectivity index (χ4n) is 8.71. The maximum Gasteiger partial charge on any atom is 0.247 e. The van der Waals surface area contributed by atoms with Gasteiger partial charge in [-0.1, -0.05) is 32.9 Å². The van der Waals surface area contributed by atoms with Crippen molar-refractivity contribution in [2.24, 2.45) is 17.3 Å². The van der Waals surface area contributed by atoms with Crippen LogP contribution in [-0.2, 0) is 14.4 Å². The van der Waals surface area contributed by atoms with Gasteiger partial charge in [0, 0.05) is 42.2 Å². The van der Waals surface area contributed by atoms with Gasteiger partial charge >= 0.3 is 0 Å². The normalized spacial score (nSPS) is 26.7. The van der Waals surface area contributed by atoms with Crippen molar-refractivity contribution >= 4 is 35.2 Å². The molecule has 3 heterocycles. The number of hydrogen-bond donors (Lipinski definition) is 1. The zero-order valence-electron chi connectivity index (χ0n) is 29.7. The van der Waals surface area contributed by atoms with Crippen LogP contribution in [0, 0.1) is 17.3 Å². The highest BCUT2D eigenvalue weighted by atomic mass is 32.2. The largest absolute Gasteiger partial charge is 0.494 e. The molecule has 3 aliphatic heterocycles. The summed E-state index contributed by atoms with van der Waals surface area (Å²) in [6, 6.07) is 6.80. The molecular weight excluding hydrogens is 611 g/mol. The van der Waals surface area contributed by atoms with Gasteiger partial charge in [0.2, 0.25) is 17.7 Å². The van der Waals surface area contributed by atoms with Crippen molar-refractivity contribution in [2.45, 2.75) is 108 Å². The highest BCUT2D eigenvalue weighted by molar-refractivity contribution is 8.02. The summed E-state index contributed by atoms with van der Waals surface area (Å²) in [5, 5.41) is 9.43. The van der Waals surface area contributed by atoms with Gasteiger partial charge in [-0.15, -0.1) is 24.9 Å². The smallest absolute Gasteiger partial charge is 0.247 e. The summed E-state index contributed by atoms with van der Waals surface area (Å²) in [6.45, 7) is 24.5. The Bertz CT molecular complexity index is 1320. The van der Waals surface area contributed by atoms with Crippen LogP contribution in [0.2, 0.25) is 0 Å². The second kappa shape index (κ2) is 14.4. The average molecular weight is 668 g/mol. The number of hydrogen-bond acceptors (Lipinski definition) is 6. The van der Waals surface area contributed by atoms with Gasteiger partial charge in [-0.3, -0.25) is 14.4 Å². The van der Waals surface area contributed by atoms with E-state index in [9.17, 15) is 14.7 Å². The van der Waals surface area contributed by atoms with E-state index in [0.29, 0.717) is 45.5 Å². The van der Waals surface area contributed by atoms with Gasteiger partial charge in [-0.05, 0) is 95.9 Å². The molecule has 3 saturated heterocycles. The van der Waals surface area contributed by atoms with Gasteiger partial charge < -0.3 is 24.5 Å². The molecule has 1 aromatic carbocycles. The maximum absolute atomic E-state index is 15.1. The molecule has 260 valence electrons. The number of carbonyl (C=O) groups excluding carboxylic acids is 3. The standard InChI is InChI=1S/C38H57N3O5S/c1-10-22-39(27-16-18-28(19-17-27)46-12-3)32(43)29-30-33(44)40(24-14-13-15-25-42)31(38(30)21-20-37(29,9)47-38)34(45)41(23-11-2)36(7,8)26-35(4,5)6/h10-11,16-19,29-31,42H,1-2,12-15,20-26H2,3-9H3/t29-,30-,31?,37+,38?/m0/s1. The second-order valence-electron chi connectivity index (χ2n) is 15.5. The highest BCUT2D eigenvalue weighted by Gasteiger charge is 2.77. The topological polar surface area (TPSA) is 90.4 Å². The van der Waals surface area contributed by atoms with E-state index in [2.05, 4.69) is 54.7 Å². The summed E-state index contributed by atoms with van der Waals surface area (Å²) in [4.78, 5) is 50.1. The fourth-order valence-corrected chi connectivity index (χ4v) is 11.1. The maximum atomic E-state index is 15.1. The molecule has 0 saturated carbocycles. The van der Waals surface area contributed by atoms with Crippen LogP contribution in [0.3, 0.4) is 0 Å². The molecule has 1 aromatic rings. The lowest BCUT2D eigenvalue weighted by Crippen LogP contribution is -2.60. The van der Waals surface area contributed by atoms with Gasteiger partial charge in [0.15, 0.2) is 0 Å². The molecule has 5 atom stereocenters. The van der Waals surface area contributed by atoms with Crippen LogP contribution in [0.5, 0.6) is 5.75 Å². The molecule has 2 unspecified atom stereocenters. The minimum Gasteiger partial charge on any atom is -0.494 e. The number of carbonyl (C=O) groups is 3. The molecule has 0 aromatic heterocycles. The first kappa shape index (κ1) is 37.0. The SMILES string of the molecule is C=CCN(C(=O)[C@@H]1[C@H]2C(=O)N(CCCCCO)C(C(=O)N(CC=C)C(C)(C)CC(C)(C)C)C23CC[C@@]1(C)S3)c1ccc(OCC)cc1. The number of aliphatic hydroxyl groups is 1. The van der Waals surface area contributed by atoms with E-state index in [1.807, 2.05) is 36.1 Å². The molecular formula is C38H57N3O5S. The molecule has 9 heteroatoms. The number of amides is 3. The van der Waals surface area contributed by atoms with Crippen LogP contribution in [0.25, 0.3) is 0 Å². The third-order valence-electron chi connectivity index (χ3n) is 10.1. The molecule has 47 heavy (non-hydrogen) atoms. The number of fused-ring (bicyclic) bond motifs is 1. The van der Waals surface area contributed by atoms with Crippen LogP contribution < -0.4 is 9.64 Å². The van der Waals surface area contributed by atoms with Crippen LogP contribution in [0.15, 0.2) is 49.6 Å². The molecule has 3 fully saturated rings. The Morgan fingerprint density at radius 2 is 1.70 bits per heavy atom. The number of rotatable bonds is 16. The van der Waals surface area contributed by atoms with Gasteiger partial charge in [0.25, 0.3) is 0 Å². The number of anilines is 1. The van der Waals surface area contributed by atoms with Crippen molar-refractivity contribution in [1.82, 2.24) is 9.80 Å². The van der Waals surface area contributed by atoms with Crippen molar-refractivity contribution in [3.05, 3.63) is 49.6 Å². The lowest BCUT2D eigenvalue weighted by Gasteiger charge is -2.46. The van der Waals surface area contributed by atoms with Crippen LogP contribution in [0.4, 0.5) is 5.69 Å². The van der Waals surface area contributed by atoms with Crippen LogP contribution in [-0.4, -0.2) is 86.6 Å². The van der Waals surface area contributed by atoms with E-state index in [-0.39, 0.29) is 29.7 Å². The van der Waals surface area contributed by atoms with Crippen molar-refractivity contribution in [3.63, 3.8) is 0 Å². The van der Waals surface area contributed by atoms with E-state index in [4.69, 9.17) is 4.74 Å². The Labute approximate surface area is 287 Å². The fraction of sp³-hybridized carbons (Fsp3) is 0.658. The summed E-state index contributed by atoms with van der Waals surface area (Å²) in [5.74, 6) is -0.736. The van der Waals surface area contributed by atoms with Gasteiger partial charge in [-0.2, -0.15) is 0 Å². The van der Waals surface area contributed by atoms with Crippen molar-refractivity contribution in [3.8, 4) is 5.75 Å². The van der Waals surface area contributed by atoms with Crippen LogP contribution in [0.1, 0.15) is 87.0 Å². The summed E-state index contributed by atoms with van der Waals surface area (Å²) < 4.78 is 4.43. The Hall–Kier alpha value is -2.78. The zero-order chi connectivity index (χ0) is 34.8. The first-order valence-corrected chi connectivity index (χ1v) is 18.1. The van der Waals surface area contributed by atoms with E-state index in [1.165, 1.54) is 0 Å². The van der Waals surface area contributed by atoms with E-state index >= 15 is 4.79 Å². The number of aliphatic hydroxyl groups excluding tert-OH is 1. The molecule has 1 spiro atoms. The quantitative estimate of drug-likeness (QED) is 0.160. The third-order valence-corrected chi connectivity index (χ3v) is 12.1. The van der Waals surface area contributed by atoms with Crippen LogP contribution >= 0.6 is 11.8 Å². The second-order valence-corrected chi connectivity index (χ2v) is 17.4. The summed E-state index contributed by atoms with van der Waals surface area (Å²) in [6.07, 6.45) is 7.79. The third kappa shape index (κ3) is 7.17. The van der Waals surface area contributed by atoms with E-state index in [0.717, 1.165) is 30.7 Å². The molecule has 2 bridgehead atoms. The zero-order valence-corrected chi connectivity index (χ0v) is 30.5. The Morgan fingerprint density at radius 3 is 2.28 bits per heavy atom. The first-order chi connectivity index (χ1) is 22.1. The van der Waals surface area contributed by atoms with Gasteiger partial charge in [0.05, 0.1) is 23.2 Å². The number of unbranched alkanes of at least 4 members (excludes halogenated alkanes) is 2. The van der Waals surface area contributed by atoms with Gasteiger partial charge in [0.1, 0.15) is 11.8 Å². The molecule has 3 amide bonds. The molecule has 4 rings (SSSR count). The van der Waals surface area contributed by atoms with Crippen molar-refractivity contribution in [1.29, 1.82) is 0 Å². The number of thioether (sulfide) groups is 1. The molecule has 8 nitrogen and oxygen atoms in total. The van der Waals surface area contributed by atoms with Crippen molar-refractivity contribution in [2.75, 3.05) is 37.7 Å². The summed E-state index contributed by atoms with van der Waals surface area (Å²) in [5.41, 5.74) is 0.211. The van der Waals surface area contributed by atoms with E-state index < -0.39 is 32.9 Å². The summed E-state index contributed by atoms with van der Waals surface area (Å²) in [7, 11) is 0. The average Bonchev–Trinajstić information content (AvgIpc) is 3.56. The van der Waals surface area contributed by atoms with Gasteiger partial charge in [-0.25, -0.2) is 0 Å². The van der Waals surface area contributed by atoms with Crippen molar-refractivity contribution < 1.29 is 24.2 Å². The monoisotopic (exact) mass is 667 g/mol. The lowest BCUT2D eigenvalue weighted by atomic mass is 9.66. The van der Waals surface area contributed by atoms with E-state index in [1.54, 1.807) is 33.7 Å². The number of likely N-dealkylation sites (tertiary alicyclic amines) is 1. The molecule has 0 aliphatic carbocycles. The Balaban J connectivity index is 1.78. The number of ether oxygens (including phenoxy) is 1. The predicted molar refractivity (Wildman–Crippen MR) is 192 cm³/mol. The lowest BCUT2D eigenvalue weighted by molar-refractivity contribution is -0.146. The Kier molecular flexibility index (Phi) is 11.3. The first-order valence-electron chi connectivity index (χ1n) is 17.3. The molecule has 1 N–H and O–H groups in total. The summed E-state index contributed by atoms with van der Waals surface area (Å²) >= 11 is 1.71. The molecule has 3 aliphatic rings. The Morgan fingerprint density at radius 1 is 1.04 bits per heavy atom. The number of nitrogens with zero attached hydrogens (tertiary/aromatic N) is 3. The molecule has 0 radical (unpaired) electrons. The minimum atomic E-state index is -0.712. The predicted octanol–water partition coefficient (Wildman–Crippen LogP) is 6.48. The minimum absolute atomic E-state index is 0.0273. The number of benzene rings is 1.